The molecule has 1 aromatic rings. The number of carbonyl (C=O) groups is 1. The van der Waals surface area contributed by atoms with E-state index in [0.717, 1.165) is 0 Å². The molecule has 0 aliphatic carbocycles. The Morgan fingerprint density at radius 1 is 1.32 bits per heavy atom. The molecule has 19 heavy (non-hydrogen) atoms. The topological polar surface area (TPSA) is 113 Å². The lowest BCUT2D eigenvalue weighted by Gasteiger charge is -2.22. The first-order valence-electron chi connectivity index (χ1n) is 5.85. The standard InChI is InChI=1S/C12H18N2O5/c1-2-11(16)13-10(7-15)12(17)8-3-5-9(6-4-8)14(18)19/h3-6,10,12,15,17-19H,2,7H2,1H3,(H,13,16)/t10-,12-/m1/s1. The third-order valence-electron chi connectivity index (χ3n) is 2.71. The number of rotatable bonds is 6. The lowest BCUT2D eigenvalue weighted by atomic mass is 10.0. The number of carbonyl (C=O) groups excluding carboxylic acids is 1. The maximum atomic E-state index is 11.3. The van der Waals surface area contributed by atoms with Crippen molar-refractivity contribution in [2.24, 2.45) is 0 Å². The second kappa shape index (κ2) is 7.05. The van der Waals surface area contributed by atoms with E-state index >= 15 is 0 Å². The van der Waals surface area contributed by atoms with Crippen molar-refractivity contribution in [3.63, 3.8) is 0 Å². The van der Waals surface area contributed by atoms with Gasteiger partial charge in [-0.2, -0.15) is 0 Å². The van der Waals surface area contributed by atoms with Crippen LogP contribution in [0.2, 0.25) is 0 Å². The third kappa shape index (κ3) is 4.18. The minimum Gasteiger partial charge on any atom is -0.394 e. The van der Waals surface area contributed by atoms with Crippen molar-refractivity contribution in [1.29, 1.82) is 0 Å². The molecule has 0 saturated heterocycles. The Bertz CT molecular complexity index is 407. The van der Waals surface area contributed by atoms with Gasteiger partial charge >= 0.3 is 0 Å². The first kappa shape index (κ1) is 15.4. The van der Waals surface area contributed by atoms with Crippen molar-refractivity contribution in [2.45, 2.75) is 25.5 Å². The summed E-state index contributed by atoms with van der Waals surface area (Å²) in [5.74, 6) is -0.272. The van der Waals surface area contributed by atoms with Crippen LogP contribution in [-0.4, -0.2) is 39.2 Å². The first-order chi connectivity index (χ1) is 8.99. The molecule has 0 saturated carbocycles. The SMILES string of the molecule is CCC(=O)N[C@H](CO)[C@H](O)c1ccc(N(O)O)cc1. The van der Waals surface area contributed by atoms with E-state index in [0.29, 0.717) is 5.56 Å². The Hall–Kier alpha value is -1.67. The van der Waals surface area contributed by atoms with Gasteiger partial charge in [0, 0.05) is 6.42 Å². The number of anilines is 1. The van der Waals surface area contributed by atoms with Gasteiger partial charge in [-0.25, -0.2) is 0 Å². The molecule has 7 nitrogen and oxygen atoms in total. The zero-order valence-corrected chi connectivity index (χ0v) is 10.5. The molecule has 0 fully saturated rings. The van der Waals surface area contributed by atoms with E-state index in [1.807, 2.05) is 0 Å². The van der Waals surface area contributed by atoms with Gasteiger partial charge in [0.15, 0.2) is 0 Å². The molecule has 1 aromatic carbocycles. The molecule has 7 heteroatoms. The van der Waals surface area contributed by atoms with E-state index in [2.05, 4.69) is 5.32 Å². The van der Waals surface area contributed by atoms with Gasteiger partial charge in [0.2, 0.25) is 5.91 Å². The smallest absolute Gasteiger partial charge is 0.220 e. The fraction of sp³-hybridized carbons (Fsp3) is 0.417. The van der Waals surface area contributed by atoms with Crippen LogP contribution >= 0.6 is 0 Å². The summed E-state index contributed by atoms with van der Waals surface area (Å²) in [6.07, 6.45) is -0.827. The highest BCUT2D eigenvalue weighted by molar-refractivity contribution is 5.75. The van der Waals surface area contributed by atoms with Crippen LogP contribution in [0.5, 0.6) is 0 Å². The molecular formula is C12H18N2O5. The summed E-state index contributed by atoms with van der Waals surface area (Å²) in [4.78, 5) is 11.3. The Labute approximate surface area is 110 Å². The van der Waals surface area contributed by atoms with Gasteiger partial charge in [0.1, 0.15) is 6.10 Å². The van der Waals surface area contributed by atoms with Crippen LogP contribution in [0.15, 0.2) is 24.3 Å². The summed E-state index contributed by atoms with van der Waals surface area (Å²) in [6, 6.07) is 4.90. The second-order valence-corrected chi connectivity index (χ2v) is 4.04. The maximum Gasteiger partial charge on any atom is 0.220 e. The highest BCUT2D eigenvalue weighted by Gasteiger charge is 2.21. The lowest BCUT2D eigenvalue weighted by molar-refractivity contribution is -0.122. The highest BCUT2D eigenvalue weighted by atomic mass is 16.8. The quantitative estimate of drug-likeness (QED) is 0.472. The zero-order chi connectivity index (χ0) is 14.4. The molecule has 2 atom stereocenters. The Morgan fingerprint density at radius 3 is 2.32 bits per heavy atom. The maximum absolute atomic E-state index is 11.3. The minimum absolute atomic E-state index is 0.0431. The molecule has 0 radical (unpaired) electrons. The predicted molar refractivity (Wildman–Crippen MR) is 66.8 cm³/mol. The van der Waals surface area contributed by atoms with Gasteiger partial charge in [-0.05, 0) is 17.7 Å². The molecule has 0 spiro atoms. The van der Waals surface area contributed by atoms with Crippen molar-refractivity contribution in [3.8, 4) is 0 Å². The molecule has 1 amide bonds. The van der Waals surface area contributed by atoms with Crippen molar-refractivity contribution in [1.82, 2.24) is 5.32 Å². The summed E-state index contributed by atoms with van der Waals surface area (Å²) in [5, 5.41) is 39.3. The number of hydrogen-bond donors (Lipinski definition) is 5. The molecule has 5 N–H and O–H groups in total. The van der Waals surface area contributed by atoms with Gasteiger partial charge in [0.25, 0.3) is 0 Å². The number of aliphatic hydroxyl groups is 2. The second-order valence-electron chi connectivity index (χ2n) is 4.04. The fourth-order valence-electron chi connectivity index (χ4n) is 1.57. The first-order valence-corrected chi connectivity index (χ1v) is 5.85. The Kier molecular flexibility index (Phi) is 5.71. The van der Waals surface area contributed by atoms with Crippen LogP contribution in [0.1, 0.15) is 25.0 Å². The van der Waals surface area contributed by atoms with Crippen LogP contribution in [0.4, 0.5) is 5.69 Å². The highest BCUT2D eigenvalue weighted by Crippen LogP contribution is 2.20. The van der Waals surface area contributed by atoms with Gasteiger partial charge in [0.05, 0.1) is 18.3 Å². The van der Waals surface area contributed by atoms with Crippen molar-refractivity contribution >= 4 is 11.6 Å². The zero-order valence-electron chi connectivity index (χ0n) is 10.5. The average molecular weight is 270 g/mol. The third-order valence-corrected chi connectivity index (χ3v) is 2.71. The van der Waals surface area contributed by atoms with Gasteiger partial charge in [-0.15, -0.1) is 5.23 Å². The van der Waals surface area contributed by atoms with Gasteiger partial charge < -0.3 is 15.5 Å². The normalized spacial score (nSPS) is 13.7. The summed E-state index contributed by atoms with van der Waals surface area (Å²) < 4.78 is 0. The van der Waals surface area contributed by atoms with Crippen LogP contribution in [0.3, 0.4) is 0 Å². The summed E-state index contributed by atoms with van der Waals surface area (Å²) in [5.41, 5.74) is 0.579. The summed E-state index contributed by atoms with van der Waals surface area (Å²) in [7, 11) is 0. The van der Waals surface area contributed by atoms with Crippen molar-refractivity contribution in [3.05, 3.63) is 29.8 Å². The van der Waals surface area contributed by atoms with Crippen LogP contribution in [0.25, 0.3) is 0 Å². The van der Waals surface area contributed by atoms with E-state index in [1.54, 1.807) is 6.92 Å². The molecule has 0 aromatic heterocycles. The molecule has 0 unspecified atom stereocenters. The van der Waals surface area contributed by atoms with E-state index in [4.69, 9.17) is 10.4 Å². The van der Waals surface area contributed by atoms with E-state index in [-0.39, 0.29) is 23.2 Å². The Morgan fingerprint density at radius 2 is 1.89 bits per heavy atom. The van der Waals surface area contributed by atoms with Crippen LogP contribution in [-0.2, 0) is 4.79 Å². The van der Waals surface area contributed by atoms with Crippen LogP contribution in [0, 0.1) is 0 Å². The molecule has 0 aliphatic heterocycles. The lowest BCUT2D eigenvalue weighted by Crippen LogP contribution is -2.41. The molecule has 1 rings (SSSR count). The van der Waals surface area contributed by atoms with Gasteiger partial charge in [-0.1, -0.05) is 19.1 Å². The number of benzene rings is 1. The molecule has 0 aliphatic rings. The minimum atomic E-state index is -1.08. The van der Waals surface area contributed by atoms with E-state index < -0.39 is 18.8 Å². The predicted octanol–water partition coefficient (Wildman–Crippen LogP) is 0.192. The summed E-state index contributed by atoms with van der Waals surface area (Å²) >= 11 is 0. The molecule has 0 bridgehead atoms. The average Bonchev–Trinajstić information content (AvgIpc) is 2.43. The van der Waals surface area contributed by atoms with E-state index in [1.165, 1.54) is 24.3 Å². The number of aliphatic hydroxyl groups excluding tert-OH is 2. The number of nitrogens with zero attached hydrogens (tertiary/aromatic N) is 1. The molecule has 0 heterocycles. The fourth-order valence-corrected chi connectivity index (χ4v) is 1.57. The summed E-state index contributed by atoms with van der Waals surface area (Å²) in [6.45, 7) is 1.27. The van der Waals surface area contributed by atoms with Crippen LogP contribution < -0.4 is 10.5 Å². The largest absolute Gasteiger partial charge is 0.394 e. The number of hydrogen-bond acceptors (Lipinski definition) is 6. The van der Waals surface area contributed by atoms with Gasteiger partial charge in [-0.3, -0.25) is 15.2 Å². The Balaban J connectivity index is 2.79. The monoisotopic (exact) mass is 270 g/mol. The molecule has 106 valence electrons. The van der Waals surface area contributed by atoms with E-state index in [9.17, 15) is 15.0 Å². The van der Waals surface area contributed by atoms with Crippen molar-refractivity contribution in [2.75, 3.05) is 11.8 Å². The number of amides is 1. The molecular weight excluding hydrogens is 252 g/mol. The van der Waals surface area contributed by atoms with Crippen molar-refractivity contribution < 1.29 is 25.4 Å². The number of nitrogens with one attached hydrogen (secondary N) is 1.